The van der Waals surface area contributed by atoms with Crippen LogP contribution in [0.4, 0.5) is 0 Å². The Morgan fingerprint density at radius 1 is 1.31 bits per heavy atom. The maximum Gasteiger partial charge on any atom is 0.0892 e. The highest BCUT2D eigenvalue weighted by molar-refractivity contribution is 6.31. The molecule has 2 aromatic rings. The lowest BCUT2D eigenvalue weighted by Gasteiger charge is -2.12. The van der Waals surface area contributed by atoms with Crippen LogP contribution >= 0.6 is 11.6 Å². The molecule has 0 atom stereocenters. The summed E-state index contributed by atoms with van der Waals surface area (Å²) in [5.41, 5.74) is 4.00. The number of aromatic nitrogens is 1. The van der Waals surface area contributed by atoms with E-state index in [2.05, 4.69) is 10.1 Å². The molecule has 1 heterocycles. The van der Waals surface area contributed by atoms with Crippen LogP contribution in [-0.2, 0) is 6.42 Å². The van der Waals surface area contributed by atoms with Crippen LogP contribution in [0.15, 0.2) is 23.4 Å². The zero-order chi connectivity index (χ0) is 11.1. The van der Waals surface area contributed by atoms with Crippen molar-refractivity contribution in [1.82, 2.24) is 4.98 Å². The number of benzene rings is 1. The van der Waals surface area contributed by atoms with E-state index in [9.17, 15) is 0 Å². The highest BCUT2D eigenvalue weighted by Crippen LogP contribution is 2.31. The Hall–Kier alpha value is -1.48. The summed E-state index contributed by atoms with van der Waals surface area (Å²) in [6.45, 7) is 0. The molecule has 3 rings (SSSR count). The van der Waals surface area contributed by atoms with Gasteiger partial charge in [-0.15, -0.1) is 0 Å². The molecule has 0 aliphatic heterocycles. The Labute approximate surface area is 97.7 Å². The fraction of sp³-hybridized carbons (Fsp3) is 0.250. The number of aryl methyl sites for hydroxylation is 1. The van der Waals surface area contributed by atoms with Gasteiger partial charge in [0.25, 0.3) is 0 Å². The zero-order valence-corrected chi connectivity index (χ0v) is 9.38. The number of fused-ring (bicyclic) bond motifs is 3. The van der Waals surface area contributed by atoms with E-state index in [1.807, 2.05) is 18.2 Å². The molecule has 3 nitrogen and oxygen atoms in total. The fourth-order valence-corrected chi connectivity index (χ4v) is 2.57. The SMILES string of the molecule is O/N=C1/CCCc2[nH]c3ccc(Cl)cc3c21. The van der Waals surface area contributed by atoms with Gasteiger partial charge in [-0.05, 0) is 37.5 Å². The Morgan fingerprint density at radius 3 is 3.00 bits per heavy atom. The summed E-state index contributed by atoms with van der Waals surface area (Å²) in [7, 11) is 0. The number of rotatable bonds is 0. The summed E-state index contributed by atoms with van der Waals surface area (Å²) < 4.78 is 0. The molecule has 0 fully saturated rings. The van der Waals surface area contributed by atoms with Crippen LogP contribution in [0.5, 0.6) is 0 Å². The fourth-order valence-electron chi connectivity index (χ4n) is 2.39. The van der Waals surface area contributed by atoms with Crippen molar-refractivity contribution in [3.8, 4) is 0 Å². The Morgan fingerprint density at radius 2 is 2.19 bits per heavy atom. The van der Waals surface area contributed by atoms with Crippen LogP contribution in [0.3, 0.4) is 0 Å². The lowest BCUT2D eigenvalue weighted by molar-refractivity contribution is 0.317. The predicted octanol–water partition coefficient (Wildman–Crippen LogP) is 3.34. The molecule has 16 heavy (non-hydrogen) atoms. The standard InChI is InChI=1S/C12H11ClN2O/c13-7-4-5-9-8(6-7)12-10(14-9)2-1-3-11(12)15-16/h4-6,14,16H,1-3H2/b15-11-. The predicted molar refractivity (Wildman–Crippen MR) is 64.6 cm³/mol. The normalized spacial score (nSPS) is 17.9. The molecule has 2 N–H and O–H groups in total. The van der Waals surface area contributed by atoms with Crippen molar-refractivity contribution >= 4 is 28.2 Å². The number of halogens is 1. The van der Waals surface area contributed by atoms with Crippen molar-refractivity contribution in [1.29, 1.82) is 0 Å². The van der Waals surface area contributed by atoms with Gasteiger partial charge in [0.05, 0.1) is 5.71 Å². The second-order valence-electron chi connectivity index (χ2n) is 4.07. The average molecular weight is 235 g/mol. The molecule has 0 spiro atoms. The van der Waals surface area contributed by atoms with E-state index < -0.39 is 0 Å². The van der Waals surface area contributed by atoms with Crippen LogP contribution in [-0.4, -0.2) is 15.9 Å². The Balaban J connectivity index is 2.36. The van der Waals surface area contributed by atoms with Gasteiger partial charge < -0.3 is 10.2 Å². The molecule has 1 aliphatic carbocycles. The molecule has 1 aromatic heterocycles. The molecule has 82 valence electrons. The number of nitrogens with one attached hydrogen (secondary N) is 1. The molecular formula is C12H11ClN2O. The molecule has 4 heteroatoms. The smallest absolute Gasteiger partial charge is 0.0892 e. The summed E-state index contributed by atoms with van der Waals surface area (Å²) in [5.74, 6) is 0. The van der Waals surface area contributed by atoms with Crippen molar-refractivity contribution in [2.24, 2.45) is 5.16 Å². The van der Waals surface area contributed by atoms with Gasteiger partial charge in [-0.1, -0.05) is 16.8 Å². The van der Waals surface area contributed by atoms with Gasteiger partial charge in [0, 0.05) is 27.2 Å². The van der Waals surface area contributed by atoms with Gasteiger partial charge in [0.1, 0.15) is 0 Å². The topological polar surface area (TPSA) is 48.4 Å². The molecule has 0 saturated carbocycles. The molecule has 0 bridgehead atoms. The minimum absolute atomic E-state index is 0.706. The molecule has 0 radical (unpaired) electrons. The van der Waals surface area contributed by atoms with Gasteiger partial charge in [-0.2, -0.15) is 0 Å². The number of hydrogen-bond acceptors (Lipinski definition) is 2. The van der Waals surface area contributed by atoms with E-state index in [0.29, 0.717) is 5.02 Å². The first-order chi connectivity index (χ1) is 7.79. The van der Waals surface area contributed by atoms with Gasteiger partial charge in [0.2, 0.25) is 0 Å². The number of H-pyrrole nitrogens is 1. The van der Waals surface area contributed by atoms with Gasteiger partial charge in [0.15, 0.2) is 0 Å². The van der Waals surface area contributed by atoms with Crippen LogP contribution < -0.4 is 0 Å². The van der Waals surface area contributed by atoms with Gasteiger partial charge >= 0.3 is 0 Å². The molecular weight excluding hydrogens is 224 g/mol. The first kappa shape index (κ1) is 9.73. The minimum Gasteiger partial charge on any atom is -0.411 e. The first-order valence-corrected chi connectivity index (χ1v) is 5.69. The largest absolute Gasteiger partial charge is 0.411 e. The molecule has 1 aromatic carbocycles. The lowest BCUT2D eigenvalue weighted by atomic mass is 9.94. The van der Waals surface area contributed by atoms with E-state index in [0.717, 1.165) is 47.1 Å². The van der Waals surface area contributed by atoms with E-state index in [1.54, 1.807) is 0 Å². The number of aromatic amines is 1. The summed E-state index contributed by atoms with van der Waals surface area (Å²) in [6, 6.07) is 5.75. The van der Waals surface area contributed by atoms with E-state index in [-0.39, 0.29) is 0 Å². The summed E-state index contributed by atoms with van der Waals surface area (Å²) in [6.07, 6.45) is 2.84. The summed E-state index contributed by atoms with van der Waals surface area (Å²) >= 11 is 5.99. The van der Waals surface area contributed by atoms with Crippen molar-refractivity contribution in [3.05, 3.63) is 34.5 Å². The van der Waals surface area contributed by atoms with Crippen molar-refractivity contribution in [3.63, 3.8) is 0 Å². The van der Waals surface area contributed by atoms with Gasteiger partial charge in [-0.25, -0.2) is 0 Å². The summed E-state index contributed by atoms with van der Waals surface area (Å²) in [5, 5.41) is 14.2. The second-order valence-corrected chi connectivity index (χ2v) is 4.51. The third-order valence-electron chi connectivity index (χ3n) is 3.09. The zero-order valence-electron chi connectivity index (χ0n) is 8.63. The highest BCUT2D eigenvalue weighted by atomic mass is 35.5. The van der Waals surface area contributed by atoms with E-state index in [1.165, 1.54) is 0 Å². The third-order valence-corrected chi connectivity index (χ3v) is 3.32. The quantitative estimate of drug-likeness (QED) is 0.533. The lowest BCUT2D eigenvalue weighted by Crippen LogP contribution is -2.10. The van der Waals surface area contributed by atoms with Crippen LogP contribution in [0.2, 0.25) is 5.02 Å². The first-order valence-electron chi connectivity index (χ1n) is 5.31. The maximum atomic E-state index is 9.03. The third kappa shape index (κ3) is 1.32. The van der Waals surface area contributed by atoms with Crippen molar-refractivity contribution < 1.29 is 5.21 Å². The number of oxime groups is 1. The van der Waals surface area contributed by atoms with Crippen LogP contribution in [0.25, 0.3) is 10.9 Å². The van der Waals surface area contributed by atoms with Gasteiger partial charge in [-0.3, -0.25) is 0 Å². The minimum atomic E-state index is 0.706. The molecule has 0 saturated heterocycles. The Kier molecular flexibility index (Phi) is 2.14. The maximum absolute atomic E-state index is 9.03. The van der Waals surface area contributed by atoms with E-state index in [4.69, 9.17) is 16.8 Å². The van der Waals surface area contributed by atoms with Crippen molar-refractivity contribution in [2.45, 2.75) is 19.3 Å². The molecule has 0 amide bonds. The average Bonchev–Trinajstić information content (AvgIpc) is 2.66. The monoisotopic (exact) mass is 234 g/mol. The van der Waals surface area contributed by atoms with Crippen LogP contribution in [0, 0.1) is 0 Å². The Bertz CT molecular complexity index is 586. The highest BCUT2D eigenvalue weighted by Gasteiger charge is 2.21. The molecule has 1 aliphatic rings. The van der Waals surface area contributed by atoms with E-state index >= 15 is 0 Å². The summed E-state index contributed by atoms with van der Waals surface area (Å²) in [4.78, 5) is 3.36. The number of hydrogen-bond donors (Lipinski definition) is 2. The van der Waals surface area contributed by atoms with Crippen molar-refractivity contribution in [2.75, 3.05) is 0 Å². The second kappa shape index (κ2) is 3.52. The van der Waals surface area contributed by atoms with Crippen LogP contribution in [0.1, 0.15) is 24.1 Å². The molecule has 0 unspecified atom stereocenters. The number of nitrogens with zero attached hydrogens (tertiary/aromatic N) is 1.